The molecule has 0 fully saturated rings. The first-order chi connectivity index (χ1) is 12.1. The Morgan fingerprint density at radius 2 is 2.28 bits per heavy atom. The van der Waals surface area contributed by atoms with E-state index in [1.165, 1.54) is 0 Å². The second-order valence-corrected chi connectivity index (χ2v) is 5.88. The van der Waals surface area contributed by atoms with Gasteiger partial charge in [-0.15, -0.1) is 0 Å². The maximum Gasteiger partial charge on any atom is 0.222 e. The van der Waals surface area contributed by atoms with Crippen molar-refractivity contribution in [3.63, 3.8) is 0 Å². The molecule has 0 saturated carbocycles. The predicted octanol–water partition coefficient (Wildman–Crippen LogP) is 2.51. The zero-order valence-electron chi connectivity index (χ0n) is 14.5. The fraction of sp³-hybridized carbons (Fsp3) is 0.316. The lowest BCUT2D eigenvalue weighted by Gasteiger charge is -2.19. The molecular formula is C19H22N4O2. The lowest BCUT2D eigenvalue weighted by molar-refractivity contribution is -0.131. The minimum atomic E-state index is 0.133. The SMILES string of the molecule is CCC(=O)N1CCOc2ccc(-c3ccnc(N)c3C=NC)cc2C1. The van der Waals surface area contributed by atoms with E-state index in [0.29, 0.717) is 31.9 Å². The van der Waals surface area contributed by atoms with E-state index in [2.05, 4.69) is 16.0 Å². The summed E-state index contributed by atoms with van der Waals surface area (Å²) in [6.45, 7) is 3.54. The number of carbonyl (C=O) groups excluding carboxylic acids is 1. The summed E-state index contributed by atoms with van der Waals surface area (Å²) in [5.74, 6) is 1.40. The van der Waals surface area contributed by atoms with Crippen LogP contribution >= 0.6 is 0 Å². The summed E-state index contributed by atoms with van der Waals surface area (Å²) in [6, 6.07) is 7.92. The number of pyridine rings is 1. The first kappa shape index (κ1) is 17.0. The van der Waals surface area contributed by atoms with Crippen LogP contribution < -0.4 is 10.5 Å². The Hall–Kier alpha value is -2.89. The van der Waals surface area contributed by atoms with Gasteiger partial charge in [-0.25, -0.2) is 4.98 Å². The average Bonchev–Trinajstić information content (AvgIpc) is 2.84. The van der Waals surface area contributed by atoms with E-state index in [-0.39, 0.29) is 5.91 Å². The number of aromatic nitrogens is 1. The number of amides is 1. The number of aliphatic imine (C=N–C) groups is 1. The fourth-order valence-electron chi connectivity index (χ4n) is 3.00. The van der Waals surface area contributed by atoms with Crippen LogP contribution in [0.5, 0.6) is 5.75 Å². The van der Waals surface area contributed by atoms with Crippen molar-refractivity contribution >= 4 is 17.9 Å². The molecule has 2 aromatic rings. The van der Waals surface area contributed by atoms with E-state index in [1.54, 1.807) is 19.5 Å². The minimum Gasteiger partial charge on any atom is -0.491 e. The summed E-state index contributed by atoms with van der Waals surface area (Å²) < 4.78 is 5.81. The average molecular weight is 338 g/mol. The van der Waals surface area contributed by atoms with E-state index in [1.807, 2.05) is 30.0 Å². The van der Waals surface area contributed by atoms with Crippen molar-refractivity contribution in [1.82, 2.24) is 9.88 Å². The van der Waals surface area contributed by atoms with Gasteiger partial charge < -0.3 is 15.4 Å². The Kier molecular flexibility index (Phi) is 4.97. The Morgan fingerprint density at radius 1 is 1.44 bits per heavy atom. The van der Waals surface area contributed by atoms with Crippen LogP contribution in [0.25, 0.3) is 11.1 Å². The van der Waals surface area contributed by atoms with E-state index < -0.39 is 0 Å². The molecule has 0 radical (unpaired) electrons. The molecule has 1 aromatic heterocycles. The number of nitrogens with two attached hydrogens (primary N) is 1. The van der Waals surface area contributed by atoms with Crippen LogP contribution in [-0.4, -0.2) is 42.2 Å². The highest BCUT2D eigenvalue weighted by Gasteiger charge is 2.19. The monoisotopic (exact) mass is 338 g/mol. The number of fused-ring (bicyclic) bond motifs is 1. The number of nitrogen functional groups attached to an aromatic ring is 1. The molecule has 1 aliphatic rings. The van der Waals surface area contributed by atoms with Crippen LogP contribution in [0.3, 0.4) is 0 Å². The largest absolute Gasteiger partial charge is 0.491 e. The number of ether oxygens (including phenoxy) is 1. The number of hydrogen-bond donors (Lipinski definition) is 1. The fourth-order valence-corrected chi connectivity index (χ4v) is 3.00. The number of rotatable bonds is 3. The summed E-state index contributed by atoms with van der Waals surface area (Å²) in [5, 5.41) is 0. The van der Waals surface area contributed by atoms with Crippen molar-refractivity contribution in [3.05, 3.63) is 41.6 Å². The summed E-state index contributed by atoms with van der Waals surface area (Å²) in [4.78, 5) is 22.2. The third kappa shape index (κ3) is 3.47. The van der Waals surface area contributed by atoms with Gasteiger partial charge in [0.25, 0.3) is 0 Å². The highest BCUT2D eigenvalue weighted by Crippen LogP contribution is 2.31. The maximum atomic E-state index is 12.1. The number of carbonyl (C=O) groups is 1. The Bertz CT molecular complexity index is 817. The van der Waals surface area contributed by atoms with Crippen LogP contribution in [0.4, 0.5) is 5.82 Å². The highest BCUT2D eigenvalue weighted by molar-refractivity contribution is 5.95. The van der Waals surface area contributed by atoms with Crippen LogP contribution in [0.2, 0.25) is 0 Å². The van der Waals surface area contributed by atoms with Gasteiger partial charge in [0.15, 0.2) is 0 Å². The lowest BCUT2D eigenvalue weighted by Crippen LogP contribution is -2.31. The van der Waals surface area contributed by atoms with Gasteiger partial charge in [-0.2, -0.15) is 0 Å². The molecule has 0 saturated heterocycles. The van der Waals surface area contributed by atoms with Crippen molar-refractivity contribution in [2.75, 3.05) is 25.9 Å². The van der Waals surface area contributed by atoms with Gasteiger partial charge in [0, 0.05) is 43.6 Å². The number of nitrogens with zero attached hydrogens (tertiary/aromatic N) is 3. The first-order valence-electron chi connectivity index (χ1n) is 8.34. The predicted molar refractivity (Wildman–Crippen MR) is 98.8 cm³/mol. The third-order valence-electron chi connectivity index (χ3n) is 4.29. The third-order valence-corrected chi connectivity index (χ3v) is 4.29. The Morgan fingerprint density at radius 3 is 3.04 bits per heavy atom. The molecule has 3 rings (SSSR count). The smallest absolute Gasteiger partial charge is 0.222 e. The van der Waals surface area contributed by atoms with Gasteiger partial charge in [-0.05, 0) is 29.3 Å². The second kappa shape index (κ2) is 7.34. The molecule has 0 spiro atoms. The van der Waals surface area contributed by atoms with Crippen molar-refractivity contribution in [2.45, 2.75) is 19.9 Å². The van der Waals surface area contributed by atoms with Crippen molar-refractivity contribution < 1.29 is 9.53 Å². The summed E-state index contributed by atoms with van der Waals surface area (Å²) in [5.41, 5.74) is 9.75. The Balaban J connectivity index is 2.03. The van der Waals surface area contributed by atoms with Crippen molar-refractivity contribution in [3.8, 4) is 16.9 Å². The summed E-state index contributed by atoms with van der Waals surface area (Å²) in [7, 11) is 1.70. The maximum absolute atomic E-state index is 12.1. The minimum absolute atomic E-state index is 0.133. The number of anilines is 1. The molecule has 1 aromatic carbocycles. The molecule has 6 heteroatoms. The van der Waals surface area contributed by atoms with Crippen molar-refractivity contribution in [1.29, 1.82) is 0 Å². The van der Waals surface area contributed by atoms with Crippen LogP contribution in [0.1, 0.15) is 24.5 Å². The molecule has 2 heterocycles. The van der Waals surface area contributed by atoms with Gasteiger partial charge in [-0.3, -0.25) is 9.79 Å². The molecule has 0 aliphatic carbocycles. The molecule has 0 bridgehead atoms. The molecule has 0 unspecified atom stereocenters. The van der Waals surface area contributed by atoms with Gasteiger partial charge in [0.2, 0.25) is 5.91 Å². The number of hydrogen-bond acceptors (Lipinski definition) is 5. The van der Waals surface area contributed by atoms with Gasteiger partial charge >= 0.3 is 0 Å². The normalized spacial score (nSPS) is 14.1. The van der Waals surface area contributed by atoms with E-state index in [9.17, 15) is 4.79 Å². The molecule has 1 aliphatic heterocycles. The summed E-state index contributed by atoms with van der Waals surface area (Å²) in [6.07, 6.45) is 3.90. The molecule has 25 heavy (non-hydrogen) atoms. The molecular weight excluding hydrogens is 316 g/mol. The van der Waals surface area contributed by atoms with Crippen LogP contribution in [0, 0.1) is 0 Å². The zero-order valence-corrected chi connectivity index (χ0v) is 14.5. The molecule has 130 valence electrons. The van der Waals surface area contributed by atoms with Crippen LogP contribution in [-0.2, 0) is 11.3 Å². The van der Waals surface area contributed by atoms with E-state index in [0.717, 1.165) is 28.0 Å². The van der Waals surface area contributed by atoms with Gasteiger partial charge in [-0.1, -0.05) is 13.0 Å². The summed E-state index contributed by atoms with van der Waals surface area (Å²) >= 11 is 0. The topological polar surface area (TPSA) is 80.8 Å². The number of benzene rings is 1. The van der Waals surface area contributed by atoms with Crippen LogP contribution in [0.15, 0.2) is 35.5 Å². The molecule has 1 amide bonds. The molecule has 2 N–H and O–H groups in total. The quantitative estimate of drug-likeness (QED) is 0.872. The van der Waals surface area contributed by atoms with E-state index in [4.69, 9.17) is 10.5 Å². The lowest BCUT2D eigenvalue weighted by atomic mass is 9.99. The van der Waals surface area contributed by atoms with E-state index >= 15 is 0 Å². The second-order valence-electron chi connectivity index (χ2n) is 5.88. The van der Waals surface area contributed by atoms with Gasteiger partial charge in [0.1, 0.15) is 18.2 Å². The zero-order chi connectivity index (χ0) is 17.8. The molecule has 0 atom stereocenters. The molecule has 6 nitrogen and oxygen atoms in total. The Labute approximate surface area is 147 Å². The highest BCUT2D eigenvalue weighted by atomic mass is 16.5. The first-order valence-corrected chi connectivity index (χ1v) is 8.34. The van der Waals surface area contributed by atoms with Gasteiger partial charge in [0.05, 0.1) is 6.54 Å². The standard InChI is InChI=1S/C19H22N4O2/c1-3-18(24)23-8-9-25-17-5-4-13(10-14(17)12-23)15-6-7-22-19(20)16(15)11-21-2/h4-7,10-11H,3,8-9,12H2,1-2H3,(H2,20,22). The van der Waals surface area contributed by atoms with Crippen molar-refractivity contribution in [2.24, 2.45) is 4.99 Å².